The van der Waals surface area contributed by atoms with Crippen molar-refractivity contribution in [1.82, 2.24) is 0 Å². The van der Waals surface area contributed by atoms with Crippen molar-refractivity contribution in [2.24, 2.45) is 5.73 Å². The summed E-state index contributed by atoms with van der Waals surface area (Å²) in [5.41, 5.74) is 3.98. The Labute approximate surface area is 163 Å². The second-order valence-corrected chi connectivity index (χ2v) is 5.30. The fourth-order valence-corrected chi connectivity index (χ4v) is 2.74. The van der Waals surface area contributed by atoms with Crippen molar-refractivity contribution in [3.05, 3.63) is 22.3 Å². The molecular weight excluding hydrogens is 340 g/mol. The van der Waals surface area contributed by atoms with Crippen LogP contribution in [0.25, 0.3) is 0 Å². The van der Waals surface area contributed by atoms with Gasteiger partial charge in [0.2, 0.25) is 0 Å². The third-order valence-electron chi connectivity index (χ3n) is 3.11. The minimum absolute atomic E-state index is 0. The van der Waals surface area contributed by atoms with Gasteiger partial charge in [-0.2, -0.15) is 8.42 Å². The maximum Gasteiger partial charge on any atom is 1.00 e. The molecular formula is C10H13BF4KNO3S. The van der Waals surface area contributed by atoms with Gasteiger partial charge in [-0.3, -0.25) is 0 Å². The summed E-state index contributed by atoms with van der Waals surface area (Å²) >= 11 is 0. The van der Waals surface area contributed by atoms with Crippen LogP contribution in [-0.4, -0.2) is 15.4 Å². The Kier molecular flexibility index (Phi) is 7.40. The fraction of sp³-hybridized carbons (Fsp3) is 0.400. The summed E-state index contributed by atoms with van der Waals surface area (Å²) in [6, 6.07) is 0. The van der Waals surface area contributed by atoms with Crippen molar-refractivity contribution in [3.63, 3.8) is 0 Å². The molecule has 1 aromatic carbocycles. The molecule has 0 heterocycles. The summed E-state index contributed by atoms with van der Waals surface area (Å²) in [6.45, 7) is -2.07. The van der Waals surface area contributed by atoms with E-state index in [1.807, 2.05) is 0 Å². The third kappa shape index (κ3) is 4.91. The predicted molar refractivity (Wildman–Crippen MR) is 67.9 cm³/mol. The first kappa shape index (κ1) is 21.4. The van der Waals surface area contributed by atoms with Crippen LogP contribution in [0.4, 0.5) is 16.8 Å². The predicted octanol–water partition coefficient (Wildman–Crippen LogP) is -1.28. The zero-order valence-corrected chi connectivity index (χ0v) is 15.9. The molecule has 0 bridgehead atoms. The van der Waals surface area contributed by atoms with E-state index >= 15 is 0 Å². The van der Waals surface area contributed by atoms with E-state index in [4.69, 9.17) is 5.73 Å². The van der Waals surface area contributed by atoms with Gasteiger partial charge in [0, 0.05) is 6.54 Å². The van der Waals surface area contributed by atoms with E-state index in [1.54, 1.807) is 0 Å². The van der Waals surface area contributed by atoms with Crippen molar-refractivity contribution >= 4 is 22.9 Å². The average molecular weight is 353 g/mol. The summed E-state index contributed by atoms with van der Waals surface area (Å²) in [6.07, 6.45) is 0. The normalized spacial score (nSPS) is 12.0. The van der Waals surface area contributed by atoms with Gasteiger partial charge in [0.15, 0.2) is 0 Å². The molecule has 21 heavy (non-hydrogen) atoms. The van der Waals surface area contributed by atoms with Crippen molar-refractivity contribution in [1.29, 1.82) is 0 Å². The van der Waals surface area contributed by atoms with Crippen LogP contribution < -0.4 is 66.8 Å². The number of hydrogen-bond donors (Lipinski definition) is 1. The first-order chi connectivity index (χ1) is 8.90. The number of nitrogens with two attached hydrogens (primary N) is 1. The molecule has 0 atom stereocenters. The van der Waals surface area contributed by atoms with Crippen LogP contribution in [0.2, 0.25) is 0 Å². The largest absolute Gasteiger partial charge is 1.00 e. The molecule has 0 fully saturated rings. The van der Waals surface area contributed by atoms with E-state index in [0.717, 1.165) is 6.92 Å². The van der Waals surface area contributed by atoms with Crippen LogP contribution in [0.5, 0.6) is 5.75 Å². The molecule has 2 N–H and O–H groups in total. The summed E-state index contributed by atoms with van der Waals surface area (Å²) in [5.74, 6) is -0.659. The molecule has 4 nitrogen and oxygen atoms in total. The Morgan fingerprint density at radius 1 is 1.10 bits per heavy atom. The first-order valence-electron chi connectivity index (χ1n) is 5.56. The smallest absolute Gasteiger partial charge is 0.445 e. The maximum absolute atomic E-state index is 13.1. The minimum Gasteiger partial charge on any atom is -0.445 e. The van der Waals surface area contributed by atoms with Crippen LogP contribution in [0.15, 0.2) is 0 Å². The van der Waals surface area contributed by atoms with Gasteiger partial charge in [-0.1, -0.05) is 14.9 Å². The number of halogens is 4. The SMILES string of the molecule is Cc1c(CN)c(C)c([B-](F)(F)F)c(C)c1OS(=O)(=O)F.[K+]. The van der Waals surface area contributed by atoms with Crippen molar-refractivity contribution in [2.45, 2.75) is 27.3 Å². The topological polar surface area (TPSA) is 69.4 Å². The van der Waals surface area contributed by atoms with Gasteiger partial charge >= 0.3 is 68.9 Å². The molecule has 0 spiro atoms. The van der Waals surface area contributed by atoms with E-state index in [0.29, 0.717) is 0 Å². The van der Waals surface area contributed by atoms with E-state index in [9.17, 15) is 25.3 Å². The summed E-state index contributed by atoms with van der Waals surface area (Å²) in [5, 5.41) is 0. The van der Waals surface area contributed by atoms with Gasteiger partial charge in [0.25, 0.3) is 0 Å². The second-order valence-electron chi connectivity index (χ2n) is 4.35. The van der Waals surface area contributed by atoms with Gasteiger partial charge < -0.3 is 22.9 Å². The molecule has 0 aliphatic carbocycles. The van der Waals surface area contributed by atoms with Gasteiger partial charge in [0.1, 0.15) is 5.75 Å². The number of hydrogen-bond acceptors (Lipinski definition) is 4. The standard InChI is InChI=1S/C10H13BF4NO3S.K/c1-5-8(4-16)6(2)10(19-20(15,17)18)7(3)9(5)11(12,13)14;/h4,16H2,1-3H3;/q-1;+1. The molecule has 0 aromatic heterocycles. The van der Waals surface area contributed by atoms with Crippen molar-refractivity contribution in [2.75, 3.05) is 0 Å². The summed E-state index contributed by atoms with van der Waals surface area (Å²) in [7, 11) is -5.42. The van der Waals surface area contributed by atoms with Crippen molar-refractivity contribution in [3.8, 4) is 5.75 Å². The molecule has 0 unspecified atom stereocenters. The Bertz CT molecular complexity index is 649. The maximum atomic E-state index is 13.1. The summed E-state index contributed by atoms with van der Waals surface area (Å²) in [4.78, 5) is 0. The van der Waals surface area contributed by atoms with Crippen LogP contribution >= 0.6 is 0 Å². The van der Waals surface area contributed by atoms with Crippen LogP contribution in [0.1, 0.15) is 22.3 Å². The zero-order chi connectivity index (χ0) is 15.9. The van der Waals surface area contributed by atoms with Gasteiger partial charge in [0.05, 0.1) is 0 Å². The quantitative estimate of drug-likeness (QED) is 0.416. The number of rotatable bonds is 4. The van der Waals surface area contributed by atoms with E-state index in [-0.39, 0.29) is 74.6 Å². The first-order valence-corrected chi connectivity index (χ1v) is 6.87. The third-order valence-corrected chi connectivity index (χ3v) is 3.47. The Hall–Kier alpha value is 0.351. The molecule has 1 aromatic rings. The molecule has 0 radical (unpaired) electrons. The average Bonchev–Trinajstić information content (AvgIpc) is 2.21. The van der Waals surface area contributed by atoms with E-state index in [1.165, 1.54) is 13.8 Å². The van der Waals surface area contributed by atoms with E-state index in [2.05, 4.69) is 4.18 Å². The number of benzene rings is 1. The Morgan fingerprint density at radius 3 is 1.90 bits per heavy atom. The molecule has 1 rings (SSSR count). The molecule has 11 heteroatoms. The summed E-state index contributed by atoms with van der Waals surface area (Å²) < 4.78 is 77.1. The van der Waals surface area contributed by atoms with Crippen LogP contribution in [-0.2, 0) is 17.0 Å². The molecule has 0 amide bonds. The minimum atomic E-state index is -5.42. The van der Waals surface area contributed by atoms with Crippen LogP contribution in [0.3, 0.4) is 0 Å². The second kappa shape index (κ2) is 7.28. The molecule has 0 aliphatic heterocycles. The Balaban J connectivity index is 0.00000400. The van der Waals surface area contributed by atoms with Gasteiger partial charge in [-0.05, 0) is 37.5 Å². The van der Waals surface area contributed by atoms with E-state index < -0.39 is 34.3 Å². The fourth-order valence-electron chi connectivity index (χ4n) is 2.29. The molecule has 114 valence electrons. The van der Waals surface area contributed by atoms with Crippen molar-refractivity contribution < 1.29 is 80.8 Å². The molecule has 0 aliphatic rings. The van der Waals surface area contributed by atoms with Crippen LogP contribution in [0, 0.1) is 20.8 Å². The van der Waals surface area contributed by atoms with Gasteiger partial charge in [-0.15, -0.1) is 0 Å². The zero-order valence-electron chi connectivity index (χ0n) is 12.0. The molecule has 0 saturated carbocycles. The molecule has 0 saturated heterocycles. The monoisotopic (exact) mass is 353 g/mol. The Morgan fingerprint density at radius 2 is 1.57 bits per heavy atom. The van der Waals surface area contributed by atoms with Gasteiger partial charge in [-0.25, -0.2) is 0 Å².